The van der Waals surface area contributed by atoms with E-state index in [-0.39, 0.29) is 24.6 Å². The van der Waals surface area contributed by atoms with Gasteiger partial charge in [0.05, 0.1) is 6.10 Å². The summed E-state index contributed by atoms with van der Waals surface area (Å²) in [6, 6.07) is 0.0694. The molecule has 2 nitrogen and oxygen atoms in total. The summed E-state index contributed by atoms with van der Waals surface area (Å²) in [5.74, 6) is 0. The van der Waals surface area contributed by atoms with E-state index in [1.54, 1.807) is 0 Å². The quantitative estimate of drug-likeness (QED) is 0.504. The molecule has 0 spiro atoms. The van der Waals surface area contributed by atoms with Crippen molar-refractivity contribution in [3.8, 4) is 0 Å². The molecule has 3 heteroatoms. The Morgan fingerprint density at radius 3 is 2.12 bits per heavy atom. The SMILES string of the molecule is Cl.N[C@@H]1CCC[C@@H]1O. The van der Waals surface area contributed by atoms with Gasteiger partial charge in [0.1, 0.15) is 0 Å². The van der Waals surface area contributed by atoms with Crippen molar-refractivity contribution in [3.05, 3.63) is 0 Å². The maximum Gasteiger partial charge on any atom is 0.0691 e. The van der Waals surface area contributed by atoms with Gasteiger partial charge in [-0.1, -0.05) is 0 Å². The second-order valence-electron chi connectivity index (χ2n) is 2.16. The van der Waals surface area contributed by atoms with Gasteiger partial charge < -0.3 is 10.8 Å². The van der Waals surface area contributed by atoms with E-state index in [1.165, 1.54) is 0 Å². The molecule has 1 rings (SSSR count). The Labute approximate surface area is 55.5 Å². The lowest BCUT2D eigenvalue weighted by Crippen LogP contribution is -2.28. The van der Waals surface area contributed by atoms with E-state index < -0.39 is 0 Å². The molecule has 50 valence electrons. The summed E-state index contributed by atoms with van der Waals surface area (Å²) < 4.78 is 0. The zero-order valence-electron chi connectivity index (χ0n) is 4.71. The van der Waals surface area contributed by atoms with E-state index >= 15 is 0 Å². The molecular formula is C5H12ClNO. The largest absolute Gasteiger partial charge is 0.392 e. The van der Waals surface area contributed by atoms with E-state index in [1.807, 2.05) is 0 Å². The number of aliphatic hydroxyl groups excluding tert-OH is 1. The molecule has 8 heavy (non-hydrogen) atoms. The first-order valence-corrected chi connectivity index (χ1v) is 2.74. The predicted octanol–water partition coefficient (Wildman–Crippen LogP) is 0.280. The topological polar surface area (TPSA) is 46.2 Å². The summed E-state index contributed by atoms with van der Waals surface area (Å²) in [6.45, 7) is 0. The van der Waals surface area contributed by atoms with Crippen LogP contribution < -0.4 is 5.73 Å². The highest BCUT2D eigenvalue weighted by Gasteiger charge is 2.20. The number of rotatable bonds is 0. The van der Waals surface area contributed by atoms with Gasteiger partial charge in [0.2, 0.25) is 0 Å². The molecule has 2 atom stereocenters. The molecule has 0 saturated heterocycles. The van der Waals surface area contributed by atoms with Gasteiger partial charge in [-0.05, 0) is 19.3 Å². The molecule has 0 aromatic carbocycles. The third-order valence-corrected chi connectivity index (χ3v) is 1.53. The van der Waals surface area contributed by atoms with Crippen LogP contribution in [0.4, 0.5) is 0 Å². The van der Waals surface area contributed by atoms with Crippen LogP contribution in [0.2, 0.25) is 0 Å². The van der Waals surface area contributed by atoms with Gasteiger partial charge in [-0.15, -0.1) is 12.4 Å². The second-order valence-corrected chi connectivity index (χ2v) is 2.16. The van der Waals surface area contributed by atoms with Gasteiger partial charge >= 0.3 is 0 Å². The lowest BCUT2D eigenvalue weighted by molar-refractivity contribution is 0.165. The standard InChI is InChI=1S/C5H11NO.ClH/c6-4-2-1-3-5(4)7;/h4-5,7H,1-3,6H2;1H/t4-,5+;/m1./s1. The minimum absolute atomic E-state index is 0. The zero-order valence-corrected chi connectivity index (χ0v) is 5.53. The van der Waals surface area contributed by atoms with Crippen LogP contribution in [0.1, 0.15) is 19.3 Å². The number of aliphatic hydroxyl groups is 1. The minimum atomic E-state index is -0.208. The first kappa shape index (κ1) is 8.21. The molecule has 0 aliphatic heterocycles. The molecular weight excluding hydrogens is 126 g/mol. The van der Waals surface area contributed by atoms with Gasteiger partial charge in [0.15, 0.2) is 0 Å². The van der Waals surface area contributed by atoms with E-state index in [2.05, 4.69) is 0 Å². The molecule has 0 bridgehead atoms. The molecule has 0 aromatic rings. The molecule has 0 amide bonds. The lowest BCUT2D eigenvalue weighted by atomic mass is 10.2. The Morgan fingerprint density at radius 1 is 1.38 bits per heavy atom. The van der Waals surface area contributed by atoms with Crippen molar-refractivity contribution in [3.63, 3.8) is 0 Å². The molecule has 1 fully saturated rings. The monoisotopic (exact) mass is 137 g/mol. The van der Waals surface area contributed by atoms with E-state index in [9.17, 15) is 0 Å². The molecule has 0 unspecified atom stereocenters. The minimum Gasteiger partial charge on any atom is -0.392 e. The van der Waals surface area contributed by atoms with Gasteiger partial charge in [-0.3, -0.25) is 0 Å². The van der Waals surface area contributed by atoms with Crippen molar-refractivity contribution in [1.82, 2.24) is 0 Å². The maximum atomic E-state index is 8.87. The van der Waals surface area contributed by atoms with Crippen LogP contribution in [-0.4, -0.2) is 17.3 Å². The maximum absolute atomic E-state index is 8.87. The first-order chi connectivity index (χ1) is 3.30. The van der Waals surface area contributed by atoms with Gasteiger partial charge in [0, 0.05) is 6.04 Å². The Bertz CT molecular complexity index is 61.4. The Kier molecular flexibility index (Phi) is 3.36. The summed E-state index contributed by atoms with van der Waals surface area (Å²) in [4.78, 5) is 0. The van der Waals surface area contributed by atoms with Crippen molar-refractivity contribution in [2.45, 2.75) is 31.4 Å². The summed E-state index contributed by atoms with van der Waals surface area (Å²) in [5, 5.41) is 8.87. The van der Waals surface area contributed by atoms with Crippen LogP contribution in [0, 0.1) is 0 Å². The normalized spacial score (nSPS) is 36.8. The highest BCUT2D eigenvalue weighted by atomic mass is 35.5. The lowest BCUT2D eigenvalue weighted by Gasteiger charge is -2.04. The summed E-state index contributed by atoms with van der Waals surface area (Å²) in [7, 11) is 0. The summed E-state index contributed by atoms with van der Waals surface area (Å²) >= 11 is 0. The van der Waals surface area contributed by atoms with E-state index in [0.29, 0.717) is 0 Å². The highest BCUT2D eigenvalue weighted by Crippen LogP contribution is 2.15. The Balaban J connectivity index is 0.000000490. The van der Waals surface area contributed by atoms with Crippen molar-refractivity contribution in [2.24, 2.45) is 5.73 Å². The van der Waals surface area contributed by atoms with Gasteiger partial charge in [0.25, 0.3) is 0 Å². The predicted molar refractivity (Wildman–Crippen MR) is 35.1 cm³/mol. The molecule has 1 aliphatic carbocycles. The highest BCUT2D eigenvalue weighted by molar-refractivity contribution is 5.85. The number of nitrogens with two attached hydrogens (primary N) is 1. The molecule has 0 heterocycles. The Hall–Kier alpha value is 0.210. The molecule has 3 N–H and O–H groups in total. The van der Waals surface area contributed by atoms with Crippen LogP contribution in [0.15, 0.2) is 0 Å². The fourth-order valence-corrected chi connectivity index (χ4v) is 0.969. The third-order valence-electron chi connectivity index (χ3n) is 1.53. The molecule has 0 aromatic heterocycles. The Morgan fingerprint density at radius 2 is 2.00 bits per heavy atom. The number of hydrogen-bond donors (Lipinski definition) is 2. The average molecular weight is 138 g/mol. The van der Waals surface area contributed by atoms with Crippen molar-refractivity contribution >= 4 is 12.4 Å². The summed E-state index contributed by atoms with van der Waals surface area (Å²) in [5.41, 5.74) is 5.43. The van der Waals surface area contributed by atoms with Gasteiger partial charge in [-0.25, -0.2) is 0 Å². The van der Waals surface area contributed by atoms with Crippen LogP contribution in [0.25, 0.3) is 0 Å². The fraction of sp³-hybridized carbons (Fsp3) is 1.00. The molecule has 0 radical (unpaired) electrons. The number of hydrogen-bond acceptors (Lipinski definition) is 2. The first-order valence-electron chi connectivity index (χ1n) is 2.74. The zero-order chi connectivity index (χ0) is 5.28. The van der Waals surface area contributed by atoms with Crippen molar-refractivity contribution in [1.29, 1.82) is 0 Å². The van der Waals surface area contributed by atoms with Crippen LogP contribution >= 0.6 is 12.4 Å². The number of halogens is 1. The third kappa shape index (κ3) is 1.62. The summed E-state index contributed by atoms with van der Waals surface area (Å²) in [6.07, 6.45) is 2.80. The van der Waals surface area contributed by atoms with E-state index in [0.717, 1.165) is 19.3 Å². The van der Waals surface area contributed by atoms with Crippen LogP contribution in [-0.2, 0) is 0 Å². The van der Waals surface area contributed by atoms with Gasteiger partial charge in [-0.2, -0.15) is 0 Å². The smallest absolute Gasteiger partial charge is 0.0691 e. The fourth-order valence-electron chi connectivity index (χ4n) is 0.969. The average Bonchev–Trinajstić information content (AvgIpc) is 1.91. The molecule has 1 saturated carbocycles. The van der Waals surface area contributed by atoms with E-state index in [4.69, 9.17) is 10.8 Å². The second kappa shape index (κ2) is 3.28. The van der Waals surface area contributed by atoms with Crippen molar-refractivity contribution in [2.75, 3.05) is 0 Å². The molecule has 1 aliphatic rings. The van der Waals surface area contributed by atoms with Crippen LogP contribution in [0.3, 0.4) is 0 Å². The van der Waals surface area contributed by atoms with Crippen LogP contribution in [0.5, 0.6) is 0 Å². The van der Waals surface area contributed by atoms with Crippen molar-refractivity contribution < 1.29 is 5.11 Å².